The number of morpholine rings is 1. The molecule has 0 aromatic heterocycles. The maximum absolute atomic E-state index is 11.8. The topological polar surface area (TPSA) is 53.6 Å². The molecule has 6 heteroatoms. The molecule has 1 atom stereocenters. The molecule has 1 aliphatic heterocycles. The average molecular weight is 312 g/mol. The Morgan fingerprint density at radius 3 is 3.05 bits per heavy atom. The van der Waals surface area contributed by atoms with Crippen LogP contribution in [0.3, 0.4) is 0 Å². The Balaban J connectivity index is 1.69. The lowest BCUT2D eigenvalue weighted by Gasteiger charge is -2.32. The summed E-state index contributed by atoms with van der Waals surface area (Å²) >= 11 is 6.00. The SMILES string of the molecule is CCN1CCOC(CNCC(=O)Nc2ccccc2Cl)C1. The molecule has 5 nitrogen and oxygen atoms in total. The monoisotopic (exact) mass is 311 g/mol. The third-order valence-corrected chi connectivity index (χ3v) is 3.81. The first kappa shape index (κ1) is 16.2. The number of carbonyl (C=O) groups is 1. The van der Waals surface area contributed by atoms with E-state index < -0.39 is 0 Å². The van der Waals surface area contributed by atoms with E-state index in [1.165, 1.54) is 0 Å². The van der Waals surface area contributed by atoms with Gasteiger partial charge < -0.3 is 15.4 Å². The summed E-state index contributed by atoms with van der Waals surface area (Å²) in [6.45, 7) is 6.75. The van der Waals surface area contributed by atoms with E-state index in [1.807, 2.05) is 12.1 Å². The third-order valence-electron chi connectivity index (χ3n) is 3.48. The van der Waals surface area contributed by atoms with Gasteiger partial charge in [0.1, 0.15) is 0 Å². The van der Waals surface area contributed by atoms with E-state index >= 15 is 0 Å². The number of halogens is 1. The summed E-state index contributed by atoms with van der Waals surface area (Å²) in [5, 5.41) is 6.46. The largest absolute Gasteiger partial charge is 0.374 e. The van der Waals surface area contributed by atoms with Crippen molar-refractivity contribution < 1.29 is 9.53 Å². The summed E-state index contributed by atoms with van der Waals surface area (Å²) in [5.41, 5.74) is 0.636. The van der Waals surface area contributed by atoms with Gasteiger partial charge in [0.2, 0.25) is 5.91 Å². The molecule has 21 heavy (non-hydrogen) atoms. The van der Waals surface area contributed by atoms with Crippen molar-refractivity contribution in [3.05, 3.63) is 29.3 Å². The van der Waals surface area contributed by atoms with Crippen molar-refractivity contribution in [2.45, 2.75) is 13.0 Å². The quantitative estimate of drug-likeness (QED) is 0.838. The van der Waals surface area contributed by atoms with E-state index in [0.29, 0.717) is 17.3 Å². The molecule has 0 saturated carbocycles. The van der Waals surface area contributed by atoms with Gasteiger partial charge in [0, 0.05) is 19.6 Å². The Kier molecular flexibility index (Phi) is 6.45. The maximum Gasteiger partial charge on any atom is 0.238 e. The molecule has 0 aliphatic carbocycles. The molecule has 1 aliphatic rings. The molecule has 1 aromatic carbocycles. The average Bonchev–Trinajstić information content (AvgIpc) is 2.50. The van der Waals surface area contributed by atoms with Gasteiger partial charge in [-0.15, -0.1) is 0 Å². The van der Waals surface area contributed by atoms with Crippen LogP contribution >= 0.6 is 11.6 Å². The number of likely N-dealkylation sites (N-methyl/N-ethyl adjacent to an activating group) is 1. The molecule has 0 radical (unpaired) electrons. The fourth-order valence-electron chi connectivity index (χ4n) is 2.29. The number of anilines is 1. The number of hydrogen-bond donors (Lipinski definition) is 2. The fraction of sp³-hybridized carbons (Fsp3) is 0.533. The number of para-hydroxylation sites is 1. The van der Waals surface area contributed by atoms with Crippen LogP contribution < -0.4 is 10.6 Å². The highest BCUT2D eigenvalue weighted by molar-refractivity contribution is 6.33. The second kappa shape index (κ2) is 8.34. The van der Waals surface area contributed by atoms with Crippen LogP contribution in [0.5, 0.6) is 0 Å². The number of ether oxygens (including phenoxy) is 1. The Bertz CT molecular complexity index is 470. The van der Waals surface area contributed by atoms with Gasteiger partial charge in [-0.3, -0.25) is 9.69 Å². The molecular weight excluding hydrogens is 290 g/mol. The summed E-state index contributed by atoms with van der Waals surface area (Å²) in [6, 6.07) is 7.20. The van der Waals surface area contributed by atoms with Gasteiger partial charge in [-0.2, -0.15) is 0 Å². The number of amides is 1. The van der Waals surface area contributed by atoms with Gasteiger partial charge in [0.25, 0.3) is 0 Å². The lowest BCUT2D eigenvalue weighted by atomic mass is 10.2. The summed E-state index contributed by atoms with van der Waals surface area (Å²) in [6.07, 6.45) is 0.145. The summed E-state index contributed by atoms with van der Waals surface area (Å²) in [4.78, 5) is 14.2. The van der Waals surface area contributed by atoms with Crippen LogP contribution in [0.15, 0.2) is 24.3 Å². The zero-order chi connectivity index (χ0) is 15.1. The lowest BCUT2D eigenvalue weighted by molar-refractivity contribution is -0.115. The molecule has 1 amide bonds. The number of nitrogens with zero attached hydrogens (tertiary/aromatic N) is 1. The van der Waals surface area contributed by atoms with Gasteiger partial charge in [0.15, 0.2) is 0 Å². The summed E-state index contributed by atoms with van der Waals surface area (Å²) in [5.74, 6) is -0.105. The van der Waals surface area contributed by atoms with Crippen molar-refractivity contribution >= 4 is 23.2 Å². The fourth-order valence-corrected chi connectivity index (χ4v) is 2.48. The predicted molar refractivity (Wildman–Crippen MR) is 84.8 cm³/mol. The van der Waals surface area contributed by atoms with Crippen LogP contribution in [0.1, 0.15) is 6.92 Å². The Morgan fingerprint density at radius 1 is 1.48 bits per heavy atom. The summed E-state index contributed by atoms with van der Waals surface area (Å²) < 4.78 is 5.67. The van der Waals surface area contributed by atoms with Crippen LogP contribution in [0.25, 0.3) is 0 Å². The Labute approximate surface area is 130 Å². The van der Waals surface area contributed by atoms with Crippen LogP contribution in [-0.4, -0.2) is 56.2 Å². The van der Waals surface area contributed by atoms with Crippen molar-refractivity contribution in [1.82, 2.24) is 10.2 Å². The molecule has 1 heterocycles. The second-order valence-corrected chi connectivity index (χ2v) is 5.45. The molecule has 2 N–H and O–H groups in total. The van der Waals surface area contributed by atoms with Crippen molar-refractivity contribution in [3.63, 3.8) is 0 Å². The molecule has 1 aromatic rings. The molecule has 0 bridgehead atoms. The highest BCUT2D eigenvalue weighted by atomic mass is 35.5. The van der Waals surface area contributed by atoms with E-state index in [0.717, 1.165) is 26.2 Å². The molecule has 116 valence electrons. The van der Waals surface area contributed by atoms with Crippen LogP contribution in [0.4, 0.5) is 5.69 Å². The number of rotatable bonds is 6. The lowest BCUT2D eigenvalue weighted by Crippen LogP contribution is -2.47. The molecule has 1 saturated heterocycles. The second-order valence-electron chi connectivity index (χ2n) is 5.04. The first-order valence-electron chi connectivity index (χ1n) is 7.28. The Hall–Kier alpha value is -1.14. The number of nitrogens with one attached hydrogen (secondary N) is 2. The first-order chi connectivity index (χ1) is 10.2. The Morgan fingerprint density at radius 2 is 2.29 bits per heavy atom. The molecular formula is C15H22ClN3O2. The van der Waals surface area contributed by atoms with E-state index in [9.17, 15) is 4.79 Å². The van der Waals surface area contributed by atoms with Crippen LogP contribution in [0.2, 0.25) is 5.02 Å². The highest BCUT2D eigenvalue weighted by Gasteiger charge is 2.18. The van der Waals surface area contributed by atoms with Gasteiger partial charge in [-0.05, 0) is 18.7 Å². The van der Waals surface area contributed by atoms with Crippen molar-refractivity contribution in [2.24, 2.45) is 0 Å². The highest BCUT2D eigenvalue weighted by Crippen LogP contribution is 2.19. The maximum atomic E-state index is 11.8. The standard InChI is InChI=1S/C15H22ClN3O2/c1-2-19-7-8-21-12(11-19)9-17-10-15(20)18-14-6-4-3-5-13(14)16/h3-6,12,17H,2,7-11H2,1H3,(H,18,20). The molecule has 1 fully saturated rings. The minimum atomic E-state index is -0.105. The number of hydrogen-bond acceptors (Lipinski definition) is 4. The van der Waals surface area contributed by atoms with E-state index in [1.54, 1.807) is 12.1 Å². The summed E-state index contributed by atoms with van der Waals surface area (Å²) in [7, 11) is 0. The van der Waals surface area contributed by atoms with E-state index in [-0.39, 0.29) is 18.6 Å². The third kappa shape index (κ3) is 5.28. The number of carbonyl (C=O) groups excluding carboxylic acids is 1. The van der Waals surface area contributed by atoms with Crippen molar-refractivity contribution in [3.8, 4) is 0 Å². The van der Waals surface area contributed by atoms with E-state index in [4.69, 9.17) is 16.3 Å². The zero-order valence-corrected chi connectivity index (χ0v) is 13.0. The smallest absolute Gasteiger partial charge is 0.238 e. The molecule has 1 unspecified atom stereocenters. The van der Waals surface area contributed by atoms with Crippen LogP contribution in [0, 0.1) is 0 Å². The van der Waals surface area contributed by atoms with Crippen molar-refractivity contribution in [2.75, 3.05) is 44.6 Å². The van der Waals surface area contributed by atoms with Gasteiger partial charge >= 0.3 is 0 Å². The number of benzene rings is 1. The van der Waals surface area contributed by atoms with Crippen LogP contribution in [-0.2, 0) is 9.53 Å². The van der Waals surface area contributed by atoms with Gasteiger partial charge in [-0.25, -0.2) is 0 Å². The minimum absolute atomic E-state index is 0.105. The van der Waals surface area contributed by atoms with E-state index in [2.05, 4.69) is 22.5 Å². The molecule has 2 rings (SSSR count). The normalized spacial score (nSPS) is 19.4. The first-order valence-corrected chi connectivity index (χ1v) is 7.66. The molecule has 0 spiro atoms. The predicted octanol–water partition coefficient (Wildman–Crippen LogP) is 1.59. The zero-order valence-electron chi connectivity index (χ0n) is 12.3. The van der Waals surface area contributed by atoms with Gasteiger partial charge in [0.05, 0.1) is 30.0 Å². The minimum Gasteiger partial charge on any atom is -0.374 e. The van der Waals surface area contributed by atoms with Gasteiger partial charge in [-0.1, -0.05) is 30.7 Å². The van der Waals surface area contributed by atoms with Crippen molar-refractivity contribution in [1.29, 1.82) is 0 Å².